The quantitative estimate of drug-likeness (QED) is 0.870. The molecule has 1 aliphatic rings. The van der Waals surface area contributed by atoms with Gasteiger partial charge in [-0.05, 0) is 24.3 Å². The molecule has 1 fully saturated rings. The lowest BCUT2D eigenvalue weighted by Gasteiger charge is -2.32. The first-order chi connectivity index (χ1) is 13.0. The molecule has 27 heavy (non-hydrogen) atoms. The average Bonchev–Trinajstić information content (AvgIpc) is 2.68. The van der Waals surface area contributed by atoms with Crippen LogP contribution in [-0.2, 0) is 0 Å². The van der Waals surface area contributed by atoms with Crippen molar-refractivity contribution in [2.24, 2.45) is 5.73 Å². The molecule has 2 N–H and O–H groups in total. The third-order valence-corrected chi connectivity index (χ3v) is 4.67. The summed E-state index contributed by atoms with van der Waals surface area (Å²) in [6, 6.07) is 9.97. The van der Waals surface area contributed by atoms with Crippen molar-refractivity contribution in [2.75, 3.05) is 13.1 Å². The van der Waals surface area contributed by atoms with Crippen molar-refractivity contribution < 1.29 is 14.3 Å². The number of carbonyl (C=O) groups is 2. The number of nitriles is 1. The van der Waals surface area contributed by atoms with Crippen LogP contribution in [0.2, 0.25) is 5.02 Å². The molecule has 2 amide bonds. The summed E-state index contributed by atoms with van der Waals surface area (Å²) >= 11 is 6.02. The second kappa shape index (κ2) is 8.06. The van der Waals surface area contributed by atoms with Crippen molar-refractivity contribution in [3.63, 3.8) is 0 Å². The maximum absolute atomic E-state index is 12.5. The Morgan fingerprint density at radius 3 is 2.56 bits per heavy atom. The molecule has 0 spiro atoms. The molecule has 1 aromatic carbocycles. The Hall–Kier alpha value is -3.11. The lowest BCUT2D eigenvalue weighted by Crippen LogP contribution is -2.41. The van der Waals surface area contributed by atoms with Crippen molar-refractivity contribution in [3.05, 3.63) is 58.4 Å². The van der Waals surface area contributed by atoms with Gasteiger partial charge in [-0.1, -0.05) is 11.6 Å². The number of aromatic nitrogens is 1. The van der Waals surface area contributed by atoms with Crippen LogP contribution in [0.1, 0.15) is 39.3 Å². The van der Waals surface area contributed by atoms with Crippen LogP contribution in [0.5, 0.6) is 5.75 Å². The molecular weight excluding hydrogens is 368 g/mol. The molecule has 0 atom stereocenters. The zero-order valence-corrected chi connectivity index (χ0v) is 15.1. The number of likely N-dealkylation sites (tertiary alicyclic amines) is 1. The zero-order valence-electron chi connectivity index (χ0n) is 14.4. The maximum Gasteiger partial charge on any atom is 0.267 e. The molecule has 1 saturated heterocycles. The normalized spacial score (nSPS) is 14.4. The summed E-state index contributed by atoms with van der Waals surface area (Å²) in [7, 11) is 0. The van der Waals surface area contributed by atoms with E-state index < -0.39 is 5.91 Å². The number of carbonyl (C=O) groups excluding carboxylic acids is 2. The molecule has 0 aliphatic carbocycles. The number of nitrogens with two attached hydrogens (primary N) is 1. The molecule has 2 heterocycles. The van der Waals surface area contributed by atoms with E-state index in [1.807, 2.05) is 6.07 Å². The number of primary amides is 1. The Kier molecular flexibility index (Phi) is 5.57. The van der Waals surface area contributed by atoms with Crippen LogP contribution in [0.3, 0.4) is 0 Å². The second-order valence-corrected chi connectivity index (χ2v) is 6.57. The Bertz CT molecular complexity index is 900. The smallest absolute Gasteiger partial charge is 0.267 e. The van der Waals surface area contributed by atoms with Gasteiger partial charge in [0.05, 0.1) is 16.1 Å². The largest absolute Gasteiger partial charge is 0.490 e. The molecule has 138 valence electrons. The van der Waals surface area contributed by atoms with Crippen molar-refractivity contribution in [2.45, 2.75) is 18.9 Å². The highest BCUT2D eigenvalue weighted by Crippen LogP contribution is 2.25. The lowest BCUT2D eigenvalue weighted by molar-refractivity contribution is 0.0595. The number of hydrogen-bond acceptors (Lipinski definition) is 5. The van der Waals surface area contributed by atoms with Crippen LogP contribution >= 0.6 is 11.6 Å². The molecule has 3 rings (SSSR count). The maximum atomic E-state index is 12.5. The molecule has 1 aliphatic heterocycles. The van der Waals surface area contributed by atoms with Gasteiger partial charge in [-0.3, -0.25) is 14.6 Å². The van der Waals surface area contributed by atoms with Crippen molar-refractivity contribution in [3.8, 4) is 11.8 Å². The van der Waals surface area contributed by atoms with Gasteiger partial charge in [0.15, 0.2) is 0 Å². The highest BCUT2D eigenvalue weighted by molar-refractivity contribution is 6.31. The monoisotopic (exact) mass is 384 g/mol. The van der Waals surface area contributed by atoms with Crippen molar-refractivity contribution in [1.82, 2.24) is 9.88 Å². The number of halogens is 1. The van der Waals surface area contributed by atoms with E-state index in [0.717, 1.165) is 0 Å². The third kappa shape index (κ3) is 4.36. The second-order valence-electron chi connectivity index (χ2n) is 6.16. The lowest BCUT2D eigenvalue weighted by atomic mass is 10.1. The number of piperidine rings is 1. The van der Waals surface area contributed by atoms with E-state index in [9.17, 15) is 9.59 Å². The summed E-state index contributed by atoms with van der Waals surface area (Å²) in [6.07, 6.45) is 2.68. The molecule has 0 radical (unpaired) electrons. The molecule has 1 aromatic heterocycles. The summed E-state index contributed by atoms with van der Waals surface area (Å²) in [5, 5.41) is 9.26. The summed E-state index contributed by atoms with van der Waals surface area (Å²) in [5.74, 6) is -0.164. The van der Waals surface area contributed by atoms with Gasteiger partial charge in [0, 0.05) is 38.2 Å². The van der Waals surface area contributed by atoms with Crippen LogP contribution in [0.4, 0.5) is 0 Å². The fraction of sp³-hybridized carbons (Fsp3) is 0.263. The van der Waals surface area contributed by atoms with Crippen LogP contribution in [0.15, 0.2) is 36.5 Å². The fourth-order valence-corrected chi connectivity index (χ4v) is 3.09. The Labute approximate surface area is 161 Å². The number of rotatable bonds is 4. The predicted octanol–water partition coefficient (Wildman–Crippen LogP) is 2.39. The van der Waals surface area contributed by atoms with Gasteiger partial charge in [0.1, 0.15) is 23.6 Å². The van der Waals surface area contributed by atoms with E-state index >= 15 is 0 Å². The van der Waals surface area contributed by atoms with Gasteiger partial charge in [-0.25, -0.2) is 0 Å². The zero-order chi connectivity index (χ0) is 19.4. The first-order valence-electron chi connectivity index (χ1n) is 8.39. The molecule has 0 unspecified atom stereocenters. The fourth-order valence-electron chi connectivity index (χ4n) is 2.88. The van der Waals surface area contributed by atoms with E-state index in [1.165, 1.54) is 12.3 Å². The number of benzene rings is 1. The van der Waals surface area contributed by atoms with Gasteiger partial charge in [0.2, 0.25) is 0 Å². The Morgan fingerprint density at radius 2 is 2.00 bits per heavy atom. The van der Waals surface area contributed by atoms with Crippen LogP contribution in [0.25, 0.3) is 0 Å². The van der Waals surface area contributed by atoms with E-state index in [1.54, 1.807) is 29.2 Å². The predicted molar refractivity (Wildman–Crippen MR) is 98.5 cm³/mol. The summed E-state index contributed by atoms with van der Waals surface area (Å²) in [4.78, 5) is 29.2. The van der Waals surface area contributed by atoms with E-state index in [4.69, 9.17) is 27.3 Å². The molecule has 0 bridgehead atoms. The molecule has 8 heteroatoms. The van der Waals surface area contributed by atoms with Crippen LogP contribution < -0.4 is 10.5 Å². The summed E-state index contributed by atoms with van der Waals surface area (Å²) < 4.78 is 5.92. The van der Waals surface area contributed by atoms with Gasteiger partial charge in [-0.2, -0.15) is 5.26 Å². The molecule has 7 nitrogen and oxygen atoms in total. The number of pyridine rings is 1. The number of nitrogens with zero attached hydrogens (tertiary/aromatic N) is 3. The summed E-state index contributed by atoms with van der Waals surface area (Å²) in [5.41, 5.74) is 6.09. The minimum absolute atomic E-state index is 0.0339. The third-order valence-electron chi connectivity index (χ3n) is 4.36. The van der Waals surface area contributed by atoms with Gasteiger partial charge < -0.3 is 15.4 Å². The molecule has 0 saturated carbocycles. The molecular formula is C19H17ClN4O3. The minimum atomic E-state index is -0.630. The number of amides is 2. The van der Waals surface area contributed by atoms with E-state index in [2.05, 4.69) is 4.98 Å². The summed E-state index contributed by atoms with van der Waals surface area (Å²) in [6.45, 7) is 1.09. The van der Waals surface area contributed by atoms with E-state index in [0.29, 0.717) is 47.8 Å². The average molecular weight is 385 g/mol. The topological polar surface area (TPSA) is 109 Å². The van der Waals surface area contributed by atoms with E-state index in [-0.39, 0.29) is 17.7 Å². The molecule has 2 aromatic rings. The van der Waals surface area contributed by atoms with Gasteiger partial charge >= 0.3 is 0 Å². The van der Waals surface area contributed by atoms with Gasteiger partial charge in [-0.15, -0.1) is 0 Å². The highest BCUT2D eigenvalue weighted by atomic mass is 35.5. The Balaban J connectivity index is 1.56. The van der Waals surface area contributed by atoms with Crippen molar-refractivity contribution in [1.29, 1.82) is 5.26 Å². The highest BCUT2D eigenvalue weighted by Gasteiger charge is 2.25. The minimum Gasteiger partial charge on any atom is -0.490 e. The number of hydrogen-bond donors (Lipinski definition) is 1. The Morgan fingerprint density at radius 1 is 1.26 bits per heavy atom. The van der Waals surface area contributed by atoms with Crippen LogP contribution in [-0.4, -0.2) is 40.9 Å². The SMILES string of the molecule is N#Cc1ccc(OC2CCN(C(=O)c3ccc(C(N)=O)nc3)CC2)cc1Cl. The van der Waals surface area contributed by atoms with Gasteiger partial charge in [0.25, 0.3) is 11.8 Å². The number of ether oxygens (including phenoxy) is 1. The first-order valence-corrected chi connectivity index (χ1v) is 8.77. The first kappa shape index (κ1) is 18.7. The van der Waals surface area contributed by atoms with Crippen molar-refractivity contribution >= 4 is 23.4 Å². The standard InChI is InChI=1S/C19H17ClN4O3/c20-16-9-15(3-1-12(16)10-21)27-14-5-7-24(8-6-14)19(26)13-2-4-17(18(22)25)23-11-13/h1-4,9,11,14H,5-8H2,(H2,22,25). The van der Waals surface area contributed by atoms with Crippen LogP contribution in [0, 0.1) is 11.3 Å².